The molecule has 1 saturated carbocycles. The van der Waals surface area contributed by atoms with Crippen LogP contribution in [0.2, 0.25) is 0 Å². The standard InChI is InChI=1S/C18H32N2.C2H2O4/c1-2-7-11-18(10-6-1)20-14-12-19(13-15-20)16-17-8-4-3-5-9-17;3-1(4)2(5)6/h3-4,17-18H,1-2,5-16H2;(H,3,4)(H,5,6). The van der Waals surface area contributed by atoms with Crippen LogP contribution in [-0.2, 0) is 9.59 Å². The Morgan fingerprint density at radius 1 is 0.846 bits per heavy atom. The lowest BCUT2D eigenvalue weighted by Gasteiger charge is -2.40. The zero-order chi connectivity index (χ0) is 18.8. The fourth-order valence-electron chi connectivity index (χ4n) is 4.32. The Bertz CT molecular complexity index is 452. The molecule has 0 spiro atoms. The molecule has 2 N–H and O–H groups in total. The quantitative estimate of drug-likeness (QED) is 0.454. The molecule has 2 fully saturated rings. The van der Waals surface area contributed by atoms with E-state index in [1.807, 2.05) is 0 Å². The molecule has 1 saturated heterocycles. The van der Waals surface area contributed by atoms with Gasteiger partial charge in [0, 0.05) is 38.8 Å². The first-order chi connectivity index (χ1) is 12.6. The van der Waals surface area contributed by atoms with Gasteiger partial charge in [0.15, 0.2) is 0 Å². The second kappa shape index (κ2) is 11.3. The number of hydrogen-bond acceptors (Lipinski definition) is 4. The average molecular weight is 367 g/mol. The summed E-state index contributed by atoms with van der Waals surface area (Å²) in [5.41, 5.74) is 0. The number of carbonyl (C=O) groups is 2. The lowest BCUT2D eigenvalue weighted by molar-refractivity contribution is -0.159. The van der Waals surface area contributed by atoms with E-state index in [2.05, 4.69) is 22.0 Å². The van der Waals surface area contributed by atoms with Crippen molar-refractivity contribution in [2.45, 2.75) is 63.8 Å². The topological polar surface area (TPSA) is 81.1 Å². The normalized spacial score (nSPS) is 25.8. The SMILES string of the molecule is C1=CCC(CN2CCN(C3CCCCCC3)CC2)CC1.O=C(O)C(=O)O. The molecule has 0 aromatic carbocycles. The van der Waals surface area contributed by atoms with Gasteiger partial charge in [-0.3, -0.25) is 4.90 Å². The number of nitrogens with zero attached hydrogens (tertiary/aromatic N) is 2. The molecule has 0 aromatic rings. The first kappa shape index (κ1) is 20.9. The molecule has 0 aromatic heterocycles. The van der Waals surface area contributed by atoms with Gasteiger partial charge in [-0.05, 0) is 38.0 Å². The maximum absolute atomic E-state index is 9.10. The van der Waals surface area contributed by atoms with E-state index in [0.29, 0.717) is 0 Å². The molecule has 2 aliphatic carbocycles. The third kappa shape index (κ3) is 7.46. The van der Waals surface area contributed by atoms with Gasteiger partial charge in [-0.15, -0.1) is 0 Å². The third-order valence-electron chi connectivity index (χ3n) is 5.82. The first-order valence-corrected chi connectivity index (χ1v) is 10.1. The molecule has 26 heavy (non-hydrogen) atoms. The highest BCUT2D eigenvalue weighted by molar-refractivity contribution is 6.27. The van der Waals surface area contributed by atoms with E-state index in [-0.39, 0.29) is 0 Å². The van der Waals surface area contributed by atoms with Gasteiger partial charge in [0.25, 0.3) is 0 Å². The summed E-state index contributed by atoms with van der Waals surface area (Å²) >= 11 is 0. The number of hydrogen-bond donors (Lipinski definition) is 2. The fraction of sp³-hybridized carbons (Fsp3) is 0.800. The van der Waals surface area contributed by atoms with Gasteiger partial charge in [-0.25, -0.2) is 9.59 Å². The molecule has 148 valence electrons. The van der Waals surface area contributed by atoms with Crippen molar-refractivity contribution in [3.05, 3.63) is 12.2 Å². The number of aliphatic carboxylic acids is 2. The average Bonchev–Trinajstić information content (AvgIpc) is 2.93. The Hall–Kier alpha value is -1.40. The first-order valence-electron chi connectivity index (χ1n) is 10.1. The van der Waals surface area contributed by atoms with Gasteiger partial charge in [0.2, 0.25) is 0 Å². The maximum atomic E-state index is 9.10. The summed E-state index contributed by atoms with van der Waals surface area (Å²) in [6.07, 6.45) is 17.6. The second-order valence-corrected chi connectivity index (χ2v) is 7.74. The number of piperazine rings is 1. The van der Waals surface area contributed by atoms with E-state index in [1.165, 1.54) is 90.5 Å². The molecule has 6 heteroatoms. The van der Waals surface area contributed by atoms with Crippen LogP contribution in [0.1, 0.15) is 57.8 Å². The van der Waals surface area contributed by atoms with Crippen LogP contribution >= 0.6 is 0 Å². The lowest BCUT2D eigenvalue weighted by Crippen LogP contribution is -2.51. The van der Waals surface area contributed by atoms with Crippen molar-refractivity contribution in [3.63, 3.8) is 0 Å². The molecular formula is C20H34N2O4. The summed E-state index contributed by atoms with van der Waals surface area (Å²) in [5, 5.41) is 14.8. The van der Waals surface area contributed by atoms with E-state index in [4.69, 9.17) is 19.8 Å². The molecule has 0 amide bonds. The minimum Gasteiger partial charge on any atom is -0.473 e. The zero-order valence-corrected chi connectivity index (χ0v) is 15.8. The molecule has 3 rings (SSSR count). The van der Waals surface area contributed by atoms with Crippen molar-refractivity contribution in [1.82, 2.24) is 9.80 Å². The van der Waals surface area contributed by atoms with E-state index in [9.17, 15) is 0 Å². The zero-order valence-electron chi connectivity index (χ0n) is 15.8. The van der Waals surface area contributed by atoms with E-state index in [1.54, 1.807) is 0 Å². The van der Waals surface area contributed by atoms with Crippen LogP contribution in [0.5, 0.6) is 0 Å². The van der Waals surface area contributed by atoms with Gasteiger partial charge in [-0.2, -0.15) is 0 Å². The largest absolute Gasteiger partial charge is 0.473 e. The predicted molar refractivity (Wildman–Crippen MR) is 101 cm³/mol. The highest BCUT2D eigenvalue weighted by Crippen LogP contribution is 2.24. The minimum atomic E-state index is -1.82. The molecular weight excluding hydrogens is 332 g/mol. The highest BCUT2D eigenvalue weighted by atomic mass is 16.4. The van der Waals surface area contributed by atoms with Crippen molar-refractivity contribution >= 4 is 11.9 Å². The number of carboxylic acid groups (broad SMARTS) is 2. The van der Waals surface area contributed by atoms with Crippen LogP contribution in [-0.4, -0.2) is 70.7 Å². The Kier molecular flexibility index (Phi) is 9.12. The van der Waals surface area contributed by atoms with E-state index in [0.717, 1.165) is 12.0 Å². The summed E-state index contributed by atoms with van der Waals surface area (Å²) < 4.78 is 0. The van der Waals surface area contributed by atoms with Gasteiger partial charge in [0.1, 0.15) is 0 Å². The van der Waals surface area contributed by atoms with Crippen molar-refractivity contribution in [1.29, 1.82) is 0 Å². The summed E-state index contributed by atoms with van der Waals surface area (Å²) in [7, 11) is 0. The van der Waals surface area contributed by atoms with Crippen molar-refractivity contribution in [2.75, 3.05) is 32.7 Å². The highest BCUT2D eigenvalue weighted by Gasteiger charge is 2.25. The molecule has 1 heterocycles. The number of allylic oxidation sites excluding steroid dienone is 2. The summed E-state index contributed by atoms with van der Waals surface area (Å²) in [4.78, 5) is 23.7. The van der Waals surface area contributed by atoms with Crippen molar-refractivity contribution in [3.8, 4) is 0 Å². The number of carboxylic acids is 2. The van der Waals surface area contributed by atoms with Crippen LogP contribution in [0.15, 0.2) is 12.2 Å². The number of rotatable bonds is 3. The van der Waals surface area contributed by atoms with Gasteiger partial charge >= 0.3 is 11.9 Å². The summed E-state index contributed by atoms with van der Waals surface area (Å²) in [5.74, 6) is -2.71. The van der Waals surface area contributed by atoms with Crippen molar-refractivity contribution < 1.29 is 19.8 Å². The van der Waals surface area contributed by atoms with Gasteiger partial charge in [-0.1, -0.05) is 37.8 Å². The minimum absolute atomic E-state index is 0.914. The third-order valence-corrected chi connectivity index (χ3v) is 5.82. The van der Waals surface area contributed by atoms with Crippen LogP contribution in [0.3, 0.4) is 0 Å². The van der Waals surface area contributed by atoms with Crippen LogP contribution < -0.4 is 0 Å². The maximum Gasteiger partial charge on any atom is 0.414 e. The lowest BCUT2D eigenvalue weighted by atomic mass is 9.93. The molecule has 3 aliphatic rings. The van der Waals surface area contributed by atoms with E-state index < -0.39 is 11.9 Å². The Balaban J connectivity index is 0.000000352. The van der Waals surface area contributed by atoms with Gasteiger partial charge < -0.3 is 15.1 Å². The van der Waals surface area contributed by atoms with Crippen LogP contribution in [0.25, 0.3) is 0 Å². The van der Waals surface area contributed by atoms with Crippen LogP contribution in [0, 0.1) is 5.92 Å². The van der Waals surface area contributed by atoms with Gasteiger partial charge in [0.05, 0.1) is 0 Å². The Labute approximate surface area is 156 Å². The molecule has 6 nitrogen and oxygen atoms in total. The summed E-state index contributed by atoms with van der Waals surface area (Å²) in [6.45, 7) is 6.64. The van der Waals surface area contributed by atoms with E-state index >= 15 is 0 Å². The Morgan fingerprint density at radius 2 is 1.46 bits per heavy atom. The smallest absolute Gasteiger partial charge is 0.414 e. The molecule has 1 aliphatic heterocycles. The molecule has 0 bridgehead atoms. The fourth-order valence-corrected chi connectivity index (χ4v) is 4.32. The predicted octanol–water partition coefficient (Wildman–Crippen LogP) is 2.84. The monoisotopic (exact) mass is 366 g/mol. The Morgan fingerprint density at radius 3 is 1.96 bits per heavy atom. The second-order valence-electron chi connectivity index (χ2n) is 7.74. The van der Waals surface area contributed by atoms with Crippen molar-refractivity contribution in [2.24, 2.45) is 5.92 Å². The van der Waals surface area contributed by atoms with Crippen LogP contribution in [0.4, 0.5) is 0 Å². The summed E-state index contributed by atoms with van der Waals surface area (Å²) in [6, 6.07) is 0.914. The molecule has 0 radical (unpaired) electrons. The molecule has 1 atom stereocenters. The molecule has 1 unspecified atom stereocenters.